The van der Waals surface area contributed by atoms with Gasteiger partial charge < -0.3 is 67.0 Å². The van der Waals surface area contributed by atoms with Crippen LogP contribution in [0.2, 0.25) is 0 Å². The molecule has 90 heavy (non-hydrogen) atoms. The molecule has 0 aliphatic rings. The number of nitrogens with one attached hydrogen (secondary N) is 1. The molecule has 0 spiro atoms. The predicted molar refractivity (Wildman–Crippen MR) is 351 cm³/mol. The van der Waals surface area contributed by atoms with E-state index in [4.69, 9.17) is 47.9 Å². The summed E-state index contributed by atoms with van der Waals surface area (Å²) in [5.74, 6) is 3.78. The molecule has 0 radical (unpaired) electrons. The van der Waals surface area contributed by atoms with Crippen molar-refractivity contribution in [3.63, 3.8) is 0 Å². The fraction of sp³-hybridized carbons (Fsp3) is 0.203. The molecule has 0 fully saturated rings. The van der Waals surface area contributed by atoms with Gasteiger partial charge in [0.1, 0.15) is 46.0 Å². The van der Waals surface area contributed by atoms with Gasteiger partial charge >= 0.3 is 7.12 Å². The van der Waals surface area contributed by atoms with E-state index in [9.17, 15) is 28.8 Å². The quantitative estimate of drug-likeness (QED) is 0.0611. The summed E-state index contributed by atoms with van der Waals surface area (Å²) < 4.78 is 48.0. The zero-order valence-electron chi connectivity index (χ0n) is 51.1. The van der Waals surface area contributed by atoms with Crippen LogP contribution in [0.25, 0.3) is 54.6 Å². The van der Waals surface area contributed by atoms with Crippen molar-refractivity contribution in [3.8, 4) is 68.2 Å². The first-order valence-corrected chi connectivity index (χ1v) is 28.4. The van der Waals surface area contributed by atoms with Crippen molar-refractivity contribution in [2.24, 2.45) is 21.1 Å². The molecule has 3 N–H and O–H groups in total. The maximum absolute atomic E-state index is 12.4. The smallest absolute Gasteiger partial charge is 0.488 e. The van der Waals surface area contributed by atoms with Crippen LogP contribution in [0.5, 0.6) is 46.0 Å². The second-order valence-corrected chi connectivity index (χ2v) is 20.8. The van der Waals surface area contributed by atoms with E-state index in [0.29, 0.717) is 75.7 Å². The van der Waals surface area contributed by atoms with E-state index in [1.807, 2.05) is 37.5 Å². The van der Waals surface area contributed by atoms with Crippen molar-refractivity contribution in [2.75, 3.05) is 63.9 Å². The lowest BCUT2D eigenvalue weighted by molar-refractivity contribution is 0.111. The first-order valence-electron chi connectivity index (χ1n) is 26.8. The van der Waals surface area contributed by atoms with E-state index >= 15 is 0 Å². The van der Waals surface area contributed by atoms with E-state index < -0.39 is 7.12 Å². The molecule has 23 nitrogen and oxygen atoms in total. The Morgan fingerprint density at radius 2 is 0.778 bits per heavy atom. The normalized spacial score (nSPS) is 10.4. The van der Waals surface area contributed by atoms with Crippen LogP contribution in [0, 0.1) is 0 Å². The van der Waals surface area contributed by atoms with E-state index in [0.717, 1.165) is 64.4 Å². The second kappa shape index (κ2) is 32.5. The molecular weight excluding hydrogens is 1290 g/mol. The summed E-state index contributed by atoms with van der Waals surface area (Å²) >= 11 is 6.68. The predicted octanol–water partition coefficient (Wildman–Crippen LogP) is 7.94. The topological polar surface area (TPSA) is 282 Å². The third kappa shape index (κ3) is 15.7. The average Bonchev–Trinajstić information content (AvgIpc) is 2.18. The Kier molecular flexibility index (Phi) is 25.0. The Bertz CT molecular complexity index is 4330. The number of fused-ring (bicyclic) bond motifs is 3. The highest BCUT2D eigenvalue weighted by Gasteiger charge is 2.20. The van der Waals surface area contributed by atoms with Crippen LogP contribution >= 0.6 is 31.9 Å². The molecular formula is C64H64BBr2N7O16. The Hall–Kier alpha value is -9.73. The first kappa shape index (κ1) is 69.4. The number of pyridine rings is 6. The third-order valence-corrected chi connectivity index (χ3v) is 14.8. The minimum atomic E-state index is -1.63. The number of hydrogen-bond donors (Lipinski definition) is 3. The molecule has 4 aromatic carbocycles. The van der Waals surface area contributed by atoms with Crippen LogP contribution in [-0.2, 0) is 27.7 Å². The number of ether oxygens (including phenoxy) is 8. The van der Waals surface area contributed by atoms with Gasteiger partial charge in [0.25, 0.3) is 16.7 Å². The molecule has 6 aromatic heterocycles. The number of carbonyl (C=O) groups excluding carboxylic acids is 3. The summed E-state index contributed by atoms with van der Waals surface area (Å²) in [4.78, 5) is 81.0. The minimum Gasteiger partial charge on any atom is -0.496 e. The second-order valence-electron chi connectivity index (χ2n) is 19.0. The van der Waals surface area contributed by atoms with Gasteiger partial charge in [-0.3, -0.25) is 43.7 Å². The van der Waals surface area contributed by atoms with E-state index in [2.05, 4.69) is 52.1 Å². The van der Waals surface area contributed by atoms with Crippen molar-refractivity contribution in [3.05, 3.63) is 185 Å². The number of carbonyl (C=O) groups is 3. The largest absolute Gasteiger partial charge is 0.496 e. The lowest BCUT2D eigenvalue weighted by Gasteiger charge is -2.16. The fourth-order valence-electron chi connectivity index (χ4n) is 9.29. The summed E-state index contributed by atoms with van der Waals surface area (Å²) in [6.07, 6.45) is 17.1. The van der Waals surface area contributed by atoms with Gasteiger partial charge in [-0.2, -0.15) is 0 Å². The number of methoxy groups -OCH3 is 8. The molecule has 468 valence electrons. The van der Waals surface area contributed by atoms with Crippen molar-refractivity contribution >= 4 is 95.6 Å². The zero-order chi connectivity index (χ0) is 65.9. The highest BCUT2D eigenvalue weighted by atomic mass is 79.9. The van der Waals surface area contributed by atoms with Crippen LogP contribution in [0.3, 0.4) is 0 Å². The number of aryl methyl sites for hydroxylation is 3. The van der Waals surface area contributed by atoms with Crippen molar-refractivity contribution < 1.29 is 62.3 Å². The molecule has 0 atom stereocenters. The van der Waals surface area contributed by atoms with Gasteiger partial charge in [0.05, 0.1) is 89.7 Å². The molecule has 6 heterocycles. The average molecular weight is 1360 g/mol. The van der Waals surface area contributed by atoms with Crippen molar-refractivity contribution in [1.82, 2.24) is 34.0 Å². The number of halogens is 2. The van der Waals surface area contributed by atoms with Gasteiger partial charge in [-0.15, -0.1) is 0 Å². The van der Waals surface area contributed by atoms with Crippen LogP contribution in [0.4, 0.5) is 0 Å². The first-order chi connectivity index (χ1) is 43.3. The Labute approximate surface area is 533 Å². The van der Waals surface area contributed by atoms with Crippen LogP contribution < -0.4 is 65.4 Å². The number of aromatic nitrogens is 6. The van der Waals surface area contributed by atoms with E-state index in [1.54, 1.807) is 120 Å². The standard InChI is InChI=1S/C19H21N3O3.C18H16N2O4.C9H11BO5.C9H7BrN2O.C9H9BrO3/c1-20-9-15-17(24-3)7-12(8-18(15)25-4)16-11-22(2)19(23)14-10-21-6-5-13(14)16;1-20-9-14(12-4-5-19-8-13(12)18(20)22)11-6-16(23-2)15(10-21)17(7-11)24-3;1-14-8-3-6(10(12)13)4-9(15-2)7(8)5-11;1-12-5-8(10)6-2-3-11-4-7(6)9(12)13;1-12-8-3-6(10)4-9(13-2)7(8)5-11/h5-8,10-11,20H,9H2,1-4H3;4-10H,1-3H3;3-5,12-13H,1-2H3;2-5H,1H3;3-5H,1-2H3. The number of benzene rings is 4. The fourth-order valence-corrected chi connectivity index (χ4v) is 10.4. The van der Waals surface area contributed by atoms with Crippen LogP contribution in [0.1, 0.15) is 36.6 Å². The van der Waals surface area contributed by atoms with Crippen LogP contribution in [0.15, 0.2) is 146 Å². The molecule has 0 aliphatic heterocycles. The SMILES string of the molecule is CNCc1c(OC)cc(-c2cn(C)c(=O)c3cnccc23)cc1OC.COc1cc(-c2cn(C)c(=O)c3cnccc23)cc(OC)c1C=O.COc1cc(B(O)O)cc(OC)c1C=O.COc1cc(Br)cc(OC)c1C=O.Cn1cc(Br)c2ccncc2c1=O. The maximum atomic E-state index is 12.4. The summed E-state index contributed by atoms with van der Waals surface area (Å²) in [7, 11) is 17.4. The maximum Gasteiger partial charge on any atom is 0.488 e. The van der Waals surface area contributed by atoms with Crippen molar-refractivity contribution in [1.29, 1.82) is 0 Å². The molecule has 0 saturated heterocycles. The number of aldehydes is 3. The molecule has 0 unspecified atom stereocenters. The van der Waals surface area contributed by atoms with Gasteiger partial charge in [0, 0.05) is 114 Å². The van der Waals surface area contributed by atoms with Gasteiger partial charge in [0.2, 0.25) is 0 Å². The van der Waals surface area contributed by atoms with Gasteiger partial charge in [-0.05, 0) is 117 Å². The number of hydrogen-bond acceptors (Lipinski definition) is 20. The molecule has 0 saturated carbocycles. The lowest BCUT2D eigenvalue weighted by Crippen LogP contribution is -2.30. The Balaban J connectivity index is 0.000000185. The van der Waals surface area contributed by atoms with Gasteiger partial charge in [0.15, 0.2) is 18.9 Å². The third-order valence-electron chi connectivity index (χ3n) is 13.8. The monoisotopic (exact) mass is 1360 g/mol. The summed E-state index contributed by atoms with van der Waals surface area (Å²) in [6.45, 7) is 0.630. The minimum absolute atomic E-state index is 0.0219. The van der Waals surface area contributed by atoms with Crippen LogP contribution in [-0.4, -0.2) is 129 Å². The lowest BCUT2D eigenvalue weighted by atomic mass is 9.79. The van der Waals surface area contributed by atoms with Gasteiger partial charge in [-0.25, -0.2) is 0 Å². The summed E-state index contributed by atoms with van der Waals surface area (Å²) in [5.41, 5.74) is 5.39. The highest BCUT2D eigenvalue weighted by molar-refractivity contribution is 9.11. The van der Waals surface area contributed by atoms with E-state index in [-0.39, 0.29) is 39.2 Å². The highest BCUT2D eigenvalue weighted by Crippen LogP contribution is 2.39. The van der Waals surface area contributed by atoms with E-state index in [1.165, 1.54) is 63.9 Å². The summed E-state index contributed by atoms with van der Waals surface area (Å²) in [6, 6.07) is 19.1. The molecule has 0 bridgehead atoms. The Morgan fingerprint density at radius 1 is 0.467 bits per heavy atom. The summed E-state index contributed by atoms with van der Waals surface area (Å²) in [5, 5.41) is 25.4. The van der Waals surface area contributed by atoms with Crippen molar-refractivity contribution in [2.45, 2.75) is 6.54 Å². The molecule has 0 amide bonds. The zero-order valence-corrected chi connectivity index (χ0v) is 54.3. The Morgan fingerprint density at radius 3 is 1.11 bits per heavy atom. The van der Waals surface area contributed by atoms with Gasteiger partial charge in [-0.1, -0.05) is 15.9 Å². The molecule has 0 aliphatic carbocycles. The number of nitrogens with zero attached hydrogens (tertiary/aromatic N) is 6. The molecule has 10 aromatic rings. The number of rotatable bonds is 16. The molecule has 10 rings (SSSR count). The molecule has 26 heteroatoms.